The van der Waals surface area contributed by atoms with Gasteiger partial charge in [-0.05, 0) is 6.92 Å². The number of allylic oxidation sites excluding steroid dienone is 1. The van der Waals surface area contributed by atoms with Crippen molar-refractivity contribution in [1.29, 1.82) is 0 Å². The Morgan fingerprint density at radius 3 is 2.12 bits per heavy atom. The van der Waals surface area contributed by atoms with E-state index in [-0.39, 0.29) is 0 Å². The Labute approximate surface area is 47.7 Å². The Kier molecular flexibility index (Phi) is 2.00. The molecule has 0 spiro atoms. The quantitative estimate of drug-likeness (QED) is 0.486. The highest BCUT2D eigenvalue weighted by atomic mass is 32.2. The second kappa shape index (κ2) is 2.15. The molecule has 48 valence electrons. The van der Waals surface area contributed by atoms with Gasteiger partial charge in [0.2, 0.25) is 0 Å². The summed E-state index contributed by atoms with van der Waals surface area (Å²) in [4.78, 5) is 0. The Morgan fingerprint density at radius 2 is 2.12 bits per heavy atom. The van der Waals surface area contributed by atoms with Gasteiger partial charge < -0.3 is 5.73 Å². The standard InChI is InChI=1S/C3H7NO3S/c1-2-3(4)8(5,6)7/h2H,4H2,1H3,(H,5,6,7)/b3-2-. The van der Waals surface area contributed by atoms with E-state index in [0.717, 1.165) is 6.08 Å². The van der Waals surface area contributed by atoms with Crippen molar-refractivity contribution < 1.29 is 13.0 Å². The molecule has 8 heavy (non-hydrogen) atoms. The first kappa shape index (κ1) is 7.45. The smallest absolute Gasteiger partial charge is 0.309 e. The molecule has 0 fully saturated rings. The van der Waals surface area contributed by atoms with Crippen molar-refractivity contribution in [3.8, 4) is 0 Å². The molecule has 0 aromatic carbocycles. The SMILES string of the molecule is C/C=C(/N)S(=O)(=O)O. The normalized spacial score (nSPS) is 14.0. The first-order valence-corrected chi connectivity index (χ1v) is 3.31. The van der Waals surface area contributed by atoms with Crippen molar-refractivity contribution in [2.24, 2.45) is 5.73 Å². The van der Waals surface area contributed by atoms with E-state index in [9.17, 15) is 8.42 Å². The zero-order chi connectivity index (χ0) is 6.78. The molecule has 0 aromatic heterocycles. The third-order valence-corrected chi connectivity index (χ3v) is 1.41. The molecule has 0 radical (unpaired) electrons. The molecule has 0 heterocycles. The van der Waals surface area contributed by atoms with Gasteiger partial charge in [-0.1, -0.05) is 6.08 Å². The zero-order valence-corrected chi connectivity index (χ0v) is 5.14. The molecule has 0 aliphatic heterocycles. The third-order valence-electron chi connectivity index (χ3n) is 0.582. The van der Waals surface area contributed by atoms with Gasteiger partial charge in [-0.25, -0.2) is 0 Å². The van der Waals surface area contributed by atoms with E-state index in [0.29, 0.717) is 0 Å². The molecule has 0 saturated carbocycles. The lowest BCUT2D eigenvalue weighted by Crippen LogP contribution is -2.09. The summed E-state index contributed by atoms with van der Waals surface area (Å²) >= 11 is 0. The molecular formula is C3H7NO3S. The van der Waals surface area contributed by atoms with E-state index in [1.807, 2.05) is 0 Å². The summed E-state index contributed by atoms with van der Waals surface area (Å²) in [5, 5.41) is -0.516. The Balaban J connectivity index is 4.55. The van der Waals surface area contributed by atoms with Gasteiger partial charge in [-0.3, -0.25) is 4.55 Å². The van der Waals surface area contributed by atoms with E-state index < -0.39 is 15.1 Å². The van der Waals surface area contributed by atoms with Crippen molar-refractivity contribution in [3.05, 3.63) is 11.1 Å². The summed E-state index contributed by atoms with van der Waals surface area (Å²) in [6.45, 7) is 1.42. The Morgan fingerprint density at radius 1 is 1.75 bits per heavy atom. The maximum absolute atomic E-state index is 9.92. The maximum atomic E-state index is 9.92. The topological polar surface area (TPSA) is 80.4 Å². The van der Waals surface area contributed by atoms with Gasteiger partial charge in [0, 0.05) is 0 Å². The van der Waals surface area contributed by atoms with E-state index in [4.69, 9.17) is 10.3 Å². The minimum absolute atomic E-state index is 0.516. The predicted octanol–water partition coefficient (Wildman–Crippen LogP) is -0.306. The van der Waals surface area contributed by atoms with Crippen molar-refractivity contribution in [3.63, 3.8) is 0 Å². The molecule has 0 bridgehead atoms. The first-order valence-electron chi connectivity index (χ1n) is 1.87. The van der Waals surface area contributed by atoms with Crippen LogP contribution in [0.1, 0.15) is 6.92 Å². The molecule has 0 aliphatic rings. The van der Waals surface area contributed by atoms with Gasteiger partial charge in [-0.15, -0.1) is 0 Å². The predicted molar refractivity (Wildman–Crippen MR) is 29.5 cm³/mol. The van der Waals surface area contributed by atoms with Crippen LogP contribution in [0.15, 0.2) is 11.1 Å². The summed E-state index contributed by atoms with van der Waals surface area (Å²) < 4.78 is 27.9. The van der Waals surface area contributed by atoms with Crippen LogP contribution >= 0.6 is 0 Å². The van der Waals surface area contributed by atoms with E-state index in [2.05, 4.69) is 0 Å². The van der Waals surface area contributed by atoms with Crippen LogP contribution in [0.4, 0.5) is 0 Å². The highest BCUT2D eigenvalue weighted by Gasteiger charge is 2.04. The largest absolute Gasteiger partial charge is 0.388 e. The molecule has 0 unspecified atom stereocenters. The second-order valence-electron chi connectivity index (χ2n) is 1.17. The van der Waals surface area contributed by atoms with Gasteiger partial charge in [0.05, 0.1) is 0 Å². The first-order chi connectivity index (χ1) is 3.48. The highest BCUT2D eigenvalue weighted by molar-refractivity contribution is 7.89. The number of rotatable bonds is 1. The van der Waals surface area contributed by atoms with Crippen LogP contribution in [0.25, 0.3) is 0 Å². The average Bonchev–Trinajstić information content (AvgIpc) is 1.62. The number of hydrogen-bond acceptors (Lipinski definition) is 3. The minimum atomic E-state index is -4.11. The molecule has 0 rings (SSSR count). The molecule has 0 aromatic rings. The molecule has 5 heteroatoms. The monoisotopic (exact) mass is 137 g/mol. The lowest BCUT2D eigenvalue weighted by molar-refractivity contribution is 0.490. The van der Waals surface area contributed by atoms with Crippen molar-refractivity contribution >= 4 is 10.1 Å². The average molecular weight is 137 g/mol. The molecule has 0 amide bonds. The fraction of sp³-hybridized carbons (Fsp3) is 0.333. The zero-order valence-electron chi connectivity index (χ0n) is 4.33. The van der Waals surface area contributed by atoms with Crippen LogP contribution in [0, 0.1) is 0 Å². The Bertz CT molecular complexity index is 191. The minimum Gasteiger partial charge on any atom is -0.388 e. The molecule has 0 saturated heterocycles. The number of nitrogens with two attached hydrogens (primary N) is 1. The Hall–Kier alpha value is -0.550. The molecular weight excluding hydrogens is 130 g/mol. The van der Waals surface area contributed by atoms with Gasteiger partial charge in [-0.2, -0.15) is 8.42 Å². The van der Waals surface area contributed by atoms with Crippen molar-refractivity contribution in [2.45, 2.75) is 6.92 Å². The van der Waals surface area contributed by atoms with Crippen LogP contribution in [-0.2, 0) is 10.1 Å². The summed E-state index contributed by atoms with van der Waals surface area (Å²) in [6.07, 6.45) is 1.11. The lowest BCUT2D eigenvalue weighted by atomic mass is 10.7. The number of hydrogen-bond donors (Lipinski definition) is 2. The molecule has 0 atom stereocenters. The van der Waals surface area contributed by atoms with E-state index in [1.54, 1.807) is 0 Å². The van der Waals surface area contributed by atoms with Crippen molar-refractivity contribution in [2.75, 3.05) is 0 Å². The maximum Gasteiger partial charge on any atom is 0.309 e. The summed E-state index contributed by atoms with van der Waals surface area (Å²) in [6, 6.07) is 0. The fourth-order valence-corrected chi connectivity index (χ4v) is 0.447. The van der Waals surface area contributed by atoms with E-state index in [1.165, 1.54) is 6.92 Å². The van der Waals surface area contributed by atoms with Crippen LogP contribution in [0.3, 0.4) is 0 Å². The van der Waals surface area contributed by atoms with Crippen LogP contribution in [-0.4, -0.2) is 13.0 Å². The van der Waals surface area contributed by atoms with Gasteiger partial charge in [0.25, 0.3) is 0 Å². The highest BCUT2D eigenvalue weighted by Crippen LogP contribution is 1.91. The van der Waals surface area contributed by atoms with Crippen molar-refractivity contribution in [1.82, 2.24) is 0 Å². The molecule has 3 N–H and O–H groups in total. The van der Waals surface area contributed by atoms with Crippen LogP contribution in [0.2, 0.25) is 0 Å². The van der Waals surface area contributed by atoms with Crippen LogP contribution in [0.5, 0.6) is 0 Å². The lowest BCUT2D eigenvalue weighted by Gasteiger charge is -1.90. The summed E-state index contributed by atoms with van der Waals surface area (Å²) in [5.41, 5.74) is 4.77. The fourth-order valence-electron chi connectivity index (χ4n) is 0.149. The second-order valence-corrected chi connectivity index (χ2v) is 2.59. The van der Waals surface area contributed by atoms with E-state index >= 15 is 0 Å². The van der Waals surface area contributed by atoms with Crippen LogP contribution < -0.4 is 5.73 Å². The van der Waals surface area contributed by atoms with Gasteiger partial charge >= 0.3 is 10.1 Å². The van der Waals surface area contributed by atoms with Gasteiger partial charge in [0.1, 0.15) is 5.03 Å². The van der Waals surface area contributed by atoms with Gasteiger partial charge in [0.15, 0.2) is 0 Å². The summed E-state index contributed by atoms with van der Waals surface area (Å²) in [5.74, 6) is 0. The summed E-state index contributed by atoms with van der Waals surface area (Å²) in [7, 11) is -4.11. The molecule has 0 aliphatic carbocycles. The molecule has 4 nitrogen and oxygen atoms in total. The third kappa shape index (κ3) is 1.94.